The van der Waals surface area contributed by atoms with Crippen molar-refractivity contribution in [2.24, 2.45) is 0 Å². The fourth-order valence-corrected chi connectivity index (χ4v) is 3.41. The Balaban J connectivity index is 1.53. The maximum absolute atomic E-state index is 12.1. The SMILES string of the molecule is CC(C)(C)OC(=O)N1CCC(c2ccn(C3CCOCC3)n2)CC1. The highest BCUT2D eigenvalue weighted by molar-refractivity contribution is 5.68. The molecule has 3 heterocycles. The summed E-state index contributed by atoms with van der Waals surface area (Å²) in [6.45, 7) is 8.84. The third-order valence-electron chi connectivity index (χ3n) is 4.76. The maximum atomic E-state index is 12.1. The van der Waals surface area contributed by atoms with Gasteiger partial charge >= 0.3 is 6.09 Å². The first-order chi connectivity index (χ1) is 11.4. The minimum Gasteiger partial charge on any atom is -0.444 e. The molecule has 1 aromatic heterocycles. The van der Waals surface area contributed by atoms with E-state index in [-0.39, 0.29) is 6.09 Å². The third kappa shape index (κ3) is 4.29. The van der Waals surface area contributed by atoms with Crippen molar-refractivity contribution in [2.45, 2.75) is 64.0 Å². The number of likely N-dealkylation sites (tertiary alicyclic amines) is 1. The van der Waals surface area contributed by atoms with Gasteiger partial charge in [0.15, 0.2) is 0 Å². The first kappa shape index (κ1) is 17.3. The Morgan fingerprint density at radius 2 is 1.88 bits per heavy atom. The van der Waals surface area contributed by atoms with Crippen LogP contribution in [-0.4, -0.2) is 52.7 Å². The number of piperidine rings is 1. The van der Waals surface area contributed by atoms with Gasteiger partial charge in [0.25, 0.3) is 0 Å². The lowest BCUT2D eigenvalue weighted by Gasteiger charge is -2.33. The first-order valence-corrected chi connectivity index (χ1v) is 9.03. The van der Waals surface area contributed by atoms with Crippen LogP contribution < -0.4 is 0 Å². The van der Waals surface area contributed by atoms with E-state index in [4.69, 9.17) is 14.6 Å². The van der Waals surface area contributed by atoms with Gasteiger partial charge in [0.05, 0.1) is 11.7 Å². The van der Waals surface area contributed by atoms with Crippen molar-refractivity contribution in [3.8, 4) is 0 Å². The second-order valence-corrected chi connectivity index (χ2v) is 7.81. The van der Waals surface area contributed by atoms with Gasteiger partial charge in [-0.3, -0.25) is 4.68 Å². The average molecular weight is 335 g/mol. The molecule has 6 heteroatoms. The number of hydrogen-bond donors (Lipinski definition) is 0. The molecule has 1 aromatic rings. The standard InChI is InChI=1S/C18H29N3O3/c1-18(2,3)24-17(22)20-9-4-14(5-10-20)16-6-11-21(19-16)15-7-12-23-13-8-15/h6,11,14-15H,4-5,7-10,12-13H2,1-3H3. The highest BCUT2D eigenvalue weighted by Crippen LogP contribution is 2.29. The Kier molecular flexibility index (Phi) is 5.13. The van der Waals surface area contributed by atoms with Crippen LogP contribution in [0.3, 0.4) is 0 Å². The first-order valence-electron chi connectivity index (χ1n) is 9.03. The highest BCUT2D eigenvalue weighted by Gasteiger charge is 2.28. The van der Waals surface area contributed by atoms with Crippen molar-refractivity contribution < 1.29 is 14.3 Å². The topological polar surface area (TPSA) is 56.6 Å². The molecule has 134 valence electrons. The summed E-state index contributed by atoms with van der Waals surface area (Å²) < 4.78 is 13.0. The summed E-state index contributed by atoms with van der Waals surface area (Å²) in [6, 6.07) is 2.61. The summed E-state index contributed by atoms with van der Waals surface area (Å²) in [5, 5.41) is 4.81. The summed E-state index contributed by atoms with van der Waals surface area (Å²) >= 11 is 0. The summed E-state index contributed by atoms with van der Waals surface area (Å²) in [6.07, 6.45) is 5.88. The number of nitrogens with zero attached hydrogens (tertiary/aromatic N) is 3. The molecule has 6 nitrogen and oxygen atoms in total. The number of aromatic nitrogens is 2. The molecular formula is C18H29N3O3. The molecule has 1 amide bonds. The van der Waals surface area contributed by atoms with Crippen LogP contribution in [0.2, 0.25) is 0 Å². The number of rotatable bonds is 2. The van der Waals surface area contributed by atoms with Gasteiger partial charge in [-0.05, 0) is 52.5 Å². The Bertz CT molecular complexity index is 550. The number of amides is 1. The number of carbonyl (C=O) groups is 1. The van der Waals surface area contributed by atoms with E-state index >= 15 is 0 Å². The predicted molar refractivity (Wildman–Crippen MR) is 91.1 cm³/mol. The molecule has 2 aliphatic heterocycles. The molecule has 2 saturated heterocycles. The Morgan fingerprint density at radius 3 is 2.50 bits per heavy atom. The molecule has 2 fully saturated rings. The van der Waals surface area contributed by atoms with Crippen molar-refractivity contribution in [3.63, 3.8) is 0 Å². The quantitative estimate of drug-likeness (QED) is 0.832. The lowest BCUT2D eigenvalue weighted by molar-refractivity contribution is 0.0204. The smallest absolute Gasteiger partial charge is 0.410 e. The van der Waals surface area contributed by atoms with Gasteiger partial charge in [0, 0.05) is 38.4 Å². The molecule has 0 atom stereocenters. The van der Waals surface area contributed by atoms with Crippen molar-refractivity contribution in [3.05, 3.63) is 18.0 Å². The molecule has 0 aliphatic carbocycles. The summed E-state index contributed by atoms with van der Waals surface area (Å²) in [7, 11) is 0. The van der Waals surface area contributed by atoms with Crippen LogP contribution in [0.1, 0.15) is 64.1 Å². The average Bonchev–Trinajstić information content (AvgIpc) is 3.04. The van der Waals surface area contributed by atoms with Crippen LogP contribution >= 0.6 is 0 Å². The minimum absolute atomic E-state index is 0.200. The molecule has 2 aliphatic rings. The van der Waals surface area contributed by atoms with E-state index in [1.807, 2.05) is 25.7 Å². The van der Waals surface area contributed by atoms with Crippen LogP contribution in [-0.2, 0) is 9.47 Å². The van der Waals surface area contributed by atoms with E-state index in [0.717, 1.165) is 57.7 Å². The van der Waals surface area contributed by atoms with Crippen LogP contribution in [0.4, 0.5) is 4.79 Å². The lowest BCUT2D eigenvalue weighted by Crippen LogP contribution is -2.41. The number of carbonyl (C=O) groups excluding carboxylic acids is 1. The Hall–Kier alpha value is -1.56. The zero-order valence-corrected chi connectivity index (χ0v) is 15.0. The lowest BCUT2D eigenvalue weighted by atomic mass is 9.94. The highest BCUT2D eigenvalue weighted by atomic mass is 16.6. The van der Waals surface area contributed by atoms with Crippen LogP contribution in [0.15, 0.2) is 12.3 Å². The summed E-state index contributed by atoms with van der Waals surface area (Å²) in [5.41, 5.74) is 0.724. The van der Waals surface area contributed by atoms with Crippen molar-refractivity contribution in [1.82, 2.24) is 14.7 Å². The molecule has 24 heavy (non-hydrogen) atoms. The number of ether oxygens (including phenoxy) is 2. The summed E-state index contributed by atoms with van der Waals surface area (Å²) in [5.74, 6) is 0.435. The van der Waals surface area contributed by atoms with Gasteiger partial charge < -0.3 is 14.4 Å². The normalized spacial score (nSPS) is 21.0. The van der Waals surface area contributed by atoms with E-state index in [2.05, 4.69) is 16.9 Å². The van der Waals surface area contributed by atoms with Crippen LogP contribution in [0.5, 0.6) is 0 Å². The molecule has 0 bridgehead atoms. The second kappa shape index (κ2) is 7.13. The van der Waals surface area contributed by atoms with Gasteiger partial charge in [0.2, 0.25) is 0 Å². The Labute approximate surface area is 144 Å². The van der Waals surface area contributed by atoms with Gasteiger partial charge in [-0.2, -0.15) is 5.10 Å². The Morgan fingerprint density at radius 1 is 1.21 bits per heavy atom. The van der Waals surface area contributed by atoms with E-state index in [0.29, 0.717) is 12.0 Å². The van der Waals surface area contributed by atoms with Crippen LogP contribution in [0.25, 0.3) is 0 Å². The largest absolute Gasteiger partial charge is 0.444 e. The minimum atomic E-state index is -0.434. The fourth-order valence-electron chi connectivity index (χ4n) is 3.41. The molecule has 0 spiro atoms. The van der Waals surface area contributed by atoms with Gasteiger partial charge in [-0.15, -0.1) is 0 Å². The molecule has 0 unspecified atom stereocenters. The monoisotopic (exact) mass is 335 g/mol. The van der Waals surface area contributed by atoms with Gasteiger partial charge in [0.1, 0.15) is 5.60 Å². The maximum Gasteiger partial charge on any atom is 0.410 e. The fraction of sp³-hybridized carbons (Fsp3) is 0.778. The van der Waals surface area contributed by atoms with Gasteiger partial charge in [-0.25, -0.2) is 4.79 Å². The number of hydrogen-bond acceptors (Lipinski definition) is 4. The summed E-state index contributed by atoms with van der Waals surface area (Å²) in [4.78, 5) is 14.0. The van der Waals surface area contributed by atoms with E-state index < -0.39 is 5.60 Å². The van der Waals surface area contributed by atoms with Crippen LogP contribution in [0, 0.1) is 0 Å². The molecular weight excluding hydrogens is 306 g/mol. The molecule has 0 radical (unpaired) electrons. The van der Waals surface area contributed by atoms with Crippen molar-refractivity contribution in [1.29, 1.82) is 0 Å². The predicted octanol–water partition coefficient (Wildman–Crippen LogP) is 3.35. The van der Waals surface area contributed by atoms with Gasteiger partial charge in [-0.1, -0.05) is 0 Å². The van der Waals surface area contributed by atoms with E-state index in [9.17, 15) is 4.79 Å². The second-order valence-electron chi connectivity index (χ2n) is 7.81. The van der Waals surface area contributed by atoms with E-state index in [1.54, 1.807) is 0 Å². The van der Waals surface area contributed by atoms with Crippen molar-refractivity contribution >= 4 is 6.09 Å². The zero-order chi connectivity index (χ0) is 17.2. The van der Waals surface area contributed by atoms with Crippen molar-refractivity contribution in [2.75, 3.05) is 26.3 Å². The molecule has 0 saturated carbocycles. The molecule has 0 aromatic carbocycles. The molecule has 0 N–H and O–H groups in total. The van der Waals surface area contributed by atoms with E-state index in [1.165, 1.54) is 0 Å². The molecule has 3 rings (SSSR count). The third-order valence-corrected chi connectivity index (χ3v) is 4.76. The zero-order valence-electron chi connectivity index (χ0n) is 15.0.